The Hall–Kier alpha value is -0.940. The highest BCUT2D eigenvalue weighted by Gasteiger charge is 2.05. The highest BCUT2D eigenvalue weighted by atomic mass is 32.1. The van der Waals surface area contributed by atoms with Gasteiger partial charge in [-0.2, -0.15) is 0 Å². The van der Waals surface area contributed by atoms with Crippen molar-refractivity contribution < 1.29 is 9.90 Å². The predicted molar refractivity (Wildman–Crippen MR) is 46.1 cm³/mol. The van der Waals surface area contributed by atoms with E-state index in [0.717, 1.165) is 4.88 Å². The van der Waals surface area contributed by atoms with Gasteiger partial charge in [0.05, 0.1) is 12.1 Å². The van der Waals surface area contributed by atoms with E-state index in [-0.39, 0.29) is 6.54 Å². The van der Waals surface area contributed by atoms with Crippen molar-refractivity contribution in [3.63, 3.8) is 0 Å². The van der Waals surface area contributed by atoms with Crippen molar-refractivity contribution in [2.75, 3.05) is 13.6 Å². The molecule has 0 fully saturated rings. The van der Waals surface area contributed by atoms with Crippen molar-refractivity contribution in [3.05, 3.63) is 16.6 Å². The van der Waals surface area contributed by atoms with E-state index in [0.29, 0.717) is 6.54 Å². The minimum absolute atomic E-state index is 0.0674. The average molecular weight is 186 g/mol. The lowest BCUT2D eigenvalue weighted by atomic mass is 10.4. The number of hydrogen-bond donors (Lipinski definition) is 1. The minimum Gasteiger partial charge on any atom is -0.480 e. The van der Waals surface area contributed by atoms with E-state index in [1.54, 1.807) is 23.7 Å². The Balaban J connectivity index is 2.36. The molecule has 1 heterocycles. The summed E-state index contributed by atoms with van der Waals surface area (Å²) < 4.78 is 0. The van der Waals surface area contributed by atoms with Crippen molar-refractivity contribution >= 4 is 17.3 Å². The minimum atomic E-state index is -0.804. The van der Waals surface area contributed by atoms with Gasteiger partial charge in [0.15, 0.2) is 0 Å². The Kier molecular flexibility index (Phi) is 3.19. The number of aromatic nitrogens is 1. The fourth-order valence-electron chi connectivity index (χ4n) is 0.873. The first kappa shape index (κ1) is 9.15. The van der Waals surface area contributed by atoms with E-state index < -0.39 is 5.97 Å². The van der Waals surface area contributed by atoms with Crippen molar-refractivity contribution in [1.82, 2.24) is 9.88 Å². The van der Waals surface area contributed by atoms with Gasteiger partial charge in [-0.15, -0.1) is 11.3 Å². The molecule has 0 aliphatic carbocycles. The normalized spacial score (nSPS) is 10.5. The quantitative estimate of drug-likeness (QED) is 0.750. The lowest BCUT2D eigenvalue weighted by Crippen LogP contribution is -2.24. The van der Waals surface area contributed by atoms with Crippen molar-refractivity contribution in [2.24, 2.45) is 0 Å². The lowest BCUT2D eigenvalue weighted by molar-refractivity contribution is -0.138. The van der Waals surface area contributed by atoms with E-state index >= 15 is 0 Å². The van der Waals surface area contributed by atoms with Gasteiger partial charge in [0.2, 0.25) is 0 Å². The van der Waals surface area contributed by atoms with Crippen LogP contribution in [0, 0.1) is 0 Å². The molecular formula is C7H10N2O2S. The van der Waals surface area contributed by atoms with Crippen molar-refractivity contribution in [2.45, 2.75) is 6.54 Å². The van der Waals surface area contributed by atoms with Crippen molar-refractivity contribution in [3.8, 4) is 0 Å². The van der Waals surface area contributed by atoms with Crippen LogP contribution in [0.25, 0.3) is 0 Å². The largest absolute Gasteiger partial charge is 0.480 e. The Labute approximate surface area is 74.5 Å². The number of carboxylic acids is 1. The number of rotatable bonds is 4. The molecule has 0 aliphatic heterocycles. The predicted octanol–water partition coefficient (Wildman–Crippen LogP) is 0.659. The first-order chi connectivity index (χ1) is 5.68. The molecule has 4 nitrogen and oxygen atoms in total. The van der Waals surface area contributed by atoms with Gasteiger partial charge in [0.1, 0.15) is 0 Å². The third-order valence-electron chi connectivity index (χ3n) is 1.31. The molecule has 66 valence electrons. The maximum Gasteiger partial charge on any atom is 0.317 e. The highest BCUT2D eigenvalue weighted by molar-refractivity contribution is 7.09. The van der Waals surface area contributed by atoms with Crippen LogP contribution in [0.1, 0.15) is 4.88 Å². The molecule has 12 heavy (non-hydrogen) atoms. The molecule has 0 aromatic carbocycles. The number of thiazole rings is 1. The zero-order chi connectivity index (χ0) is 8.97. The van der Waals surface area contributed by atoms with Gasteiger partial charge >= 0.3 is 5.97 Å². The second kappa shape index (κ2) is 4.18. The number of likely N-dealkylation sites (N-methyl/N-ethyl adjacent to an activating group) is 1. The molecule has 0 radical (unpaired) electrons. The average Bonchev–Trinajstić information content (AvgIpc) is 2.37. The van der Waals surface area contributed by atoms with E-state index in [4.69, 9.17) is 5.11 Å². The molecule has 0 unspecified atom stereocenters. The lowest BCUT2D eigenvalue weighted by Gasteiger charge is -2.11. The highest BCUT2D eigenvalue weighted by Crippen LogP contribution is 2.07. The summed E-state index contributed by atoms with van der Waals surface area (Å²) in [5.41, 5.74) is 1.74. The smallest absolute Gasteiger partial charge is 0.317 e. The number of carbonyl (C=O) groups is 1. The third-order valence-corrected chi connectivity index (χ3v) is 2.08. The molecule has 0 bridgehead atoms. The number of aliphatic carboxylic acids is 1. The third kappa shape index (κ3) is 2.98. The maximum atomic E-state index is 10.3. The van der Waals surface area contributed by atoms with Crippen LogP contribution in [-0.2, 0) is 11.3 Å². The molecule has 5 heteroatoms. The van der Waals surface area contributed by atoms with E-state index in [1.807, 2.05) is 0 Å². The van der Waals surface area contributed by atoms with Gasteiger partial charge in [-0.1, -0.05) is 0 Å². The zero-order valence-electron chi connectivity index (χ0n) is 6.73. The fourth-order valence-corrected chi connectivity index (χ4v) is 1.55. The molecule has 1 aromatic heterocycles. The van der Waals surface area contributed by atoms with E-state index in [1.165, 1.54) is 11.3 Å². The summed E-state index contributed by atoms with van der Waals surface area (Å²) in [7, 11) is 1.77. The first-order valence-electron chi connectivity index (χ1n) is 3.46. The van der Waals surface area contributed by atoms with Gasteiger partial charge in [0, 0.05) is 17.6 Å². The van der Waals surface area contributed by atoms with Gasteiger partial charge in [0.25, 0.3) is 0 Å². The summed E-state index contributed by atoms with van der Waals surface area (Å²) in [6.45, 7) is 0.717. The molecule has 1 rings (SSSR count). The molecule has 0 atom stereocenters. The fraction of sp³-hybridized carbons (Fsp3) is 0.429. The summed E-state index contributed by atoms with van der Waals surface area (Å²) in [6, 6.07) is 0. The van der Waals surface area contributed by atoms with Crippen LogP contribution in [0.15, 0.2) is 11.7 Å². The molecule has 1 N–H and O–H groups in total. The van der Waals surface area contributed by atoms with Gasteiger partial charge in [-0.25, -0.2) is 0 Å². The summed E-state index contributed by atoms with van der Waals surface area (Å²) >= 11 is 1.53. The van der Waals surface area contributed by atoms with Gasteiger partial charge < -0.3 is 5.11 Å². The zero-order valence-corrected chi connectivity index (χ0v) is 7.54. The molecule has 1 aromatic rings. The molecule has 0 amide bonds. The summed E-state index contributed by atoms with van der Waals surface area (Å²) in [4.78, 5) is 17.0. The Morgan fingerprint density at radius 1 is 1.83 bits per heavy atom. The van der Waals surface area contributed by atoms with Gasteiger partial charge in [-0.3, -0.25) is 14.7 Å². The summed E-state index contributed by atoms with van der Waals surface area (Å²) in [6.07, 6.45) is 1.75. The molecule has 0 saturated carbocycles. The van der Waals surface area contributed by atoms with E-state index in [2.05, 4.69) is 4.98 Å². The van der Waals surface area contributed by atoms with Crippen LogP contribution >= 0.6 is 11.3 Å². The molecule has 0 spiro atoms. The molecular weight excluding hydrogens is 176 g/mol. The topological polar surface area (TPSA) is 53.4 Å². The van der Waals surface area contributed by atoms with Crippen LogP contribution in [0.4, 0.5) is 0 Å². The second-order valence-electron chi connectivity index (χ2n) is 2.53. The number of nitrogens with zero attached hydrogens (tertiary/aromatic N) is 2. The Morgan fingerprint density at radius 3 is 3.08 bits per heavy atom. The standard InChI is InChI=1S/C7H10N2O2S/c1-9(4-7(10)11)3-6-2-8-5-12-6/h2,5H,3-4H2,1H3,(H,10,11). The Morgan fingerprint density at radius 2 is 2.58 bits per heavy atom. The number of hydrogen-bond acceptors (Lipinski definition) is 4. The van der Waals surface area contributed by atoms with Crippen LogP contribution in [-0.4, -0.2) is 34.6 Å². The van der Waals surface area contributed by atoms with Crippen LogP contribution in [0.2, 0.25) is 0 Å². The Bertz CT molecular complexity index is 248. The van der Waals surface area contributed by atoms with Crippen LogP contribution in [0.5, 0.6) is 0 Å². The maximum absolute atomic E-state index is 10.3. The van der Waals surface area contributed by atoms with E-state index in [9.17, 15) is 4.79 Å². The monoisotopic (exact) mass is 186 g/mol. The summed E-state index contributed by atoms with van der Waals surface area (Å²) in [5.74, 6) is -0.804. The molecule has 0 aliphatic rings. The number of carboxylic acid groups (broad SMARTS) is 1. The van der Waals surface area contributed by atoms with Crippen LogP contribution in [0.3, 0.4) is 0 Å². The van der Waals surface area contributed by atoms with Gasteiger partial charge in [-0.05, 0) is 7.05 Å². The SMILES string of the molecule is CN(CC(=O)O)Cc1cncs1. The first-order valence-corrected chi connectivity index (χ1v) is 4.34. The van der Waals surface area contributed by atoms with Crippen molar-refractivity contribution in [1.29, 1.82) is 0 Å². The molecule has 0 saturated heterocycles. The second-order valence-corrected chi connectivity index (χ2v) is 3.50. The summed E-state index contributed by atoms with van der Waals surface area (Å²) in [5, 5.41) is 8.46. The van der Waals surface area contributed by atoms with Crippen LogP contribution < -0.4 is 0 Å².